The summed E-state index contributed by atoms with van der Waals surface area (Å²) in [5.74, 6) is 5.27. The number of benzene rings is 3. The third-order valence-electron chi connectivity index (χ3n) is 6.61. The molecule has 1 fully saturated rings. The van der Waals surface area contributed by atoms with Crippen LogP contribution in [0, 0.1) is 17.7 Å². The third-order valence-corrected chi connectivity index (χ3v) is 6.86. The molecule has 0 bridgehead atoms. The minimum absolute atomic E-state index is 0.0195. The maximum atomic E-state index is 14.5. The molecule has 1 aliphatic heterocycles. The predicted octanol–water partition coefficient (Wildman–Crippen LogP) is 4.78. The lowest BCUT2D eigenvalue weighted by Gasteiger charge is -2.39. The lowest BCUT2D eigenvalue weighted by Crippen LogP contribution is -2.48. The van der Waals surface area contributed by atoms with Crippen molar-refractivity contribution >= 4 is 17.6 Å². The molecule has 1 atom stereocenters. The van der Waals surface area contributed by atoms with Crippen LogP contribution in [0.1, 0.15) is 29.2 Å². The Kier molecular flexibility index (Phi) is 10.2. The van der Waals surface area contributed by atoms with E-state index in [1.54, 1.807) is 12.1 Å². The molecular formula is C30H32ClFN4O3. The molecule has 0 radical (unpaired) electrons. The number of nitrogens with zero attached hydrogens (tertiary/aromatic N) is 3. The number of urea groups is 1. The molecule has 39 heavy (non-hydrogen) atoms. The van der Waals surface area contributed by atoms with Crippen molar-refractivity contribution in [1.29, 1.82) is 0 Å². The van der Waals surface area contributed by atoms with Gasteiger partial charge in [0.15, 0.2) is 11.6 Å². The van der Waals surface area contributed by atoms with Crippen LogP contribution >= 0.6 is 11.6 Å². The van der Waals surface area contributed by atoms with Crippen LogP contribution in [0.5, 0.6) is 5.75 Å². The number of ether oxygens (including phenoxy) is 1. The van der Waals surface area contributed by atoms with Crippen LogP contribution in [0.15, 0.2) is 72.8 Å². The first-order valence-electron chi connectivity index (χ1n) is 12.8. The van der Waals surface area contributed by atoms with Gasteiger partial charge in [-0.2, -0.15) is 0 Å². The molecule has 1 heterocycles. The summed E-state index contributed by atoms with van der Waals surface area (Å²) in [4.78, 5) is 15.6. The highest BCUT2D eigenvalue weighted by Gasteiger charge is 2.26. The van der Waals surface area contributed by atoms with Crippen LogP contribution in [0.3, 0.4) is 0 Å². The molecule has 9 heteroatoms. The highest BCUT2D eigenvalue weighted by molar-refractivity contribution is 6.30. The van der Waals surface area contributed by atoms with Gasteiger partial charge in [-0.25, -0.2) is 14.2 Å². The number of piperazine rings is 1. The number of amides is 2. The SMILES string of the molecule is NC(=O)N(O)CCC#Cc1ccc(OCCN2CCN([C@H](c3ccccc3)c3ccc(Cl)cc3)CC2)c(F)c1. The molecule has 0 aliphatic carbocycles. The van der Waals surface area contributed by atoms with Crippen molar-refractivity contribution in [2.45, 2.75) is 12.5 Å². The number of primary amides is 1. The zero-order valence-corrected chi connectivity index (χ0v) is 22.4. The Hall–Kier alpha value is -3.61. The Balaban J connectivity index is 1.26. The zero-order chi connectivity index (χ0) is 27.6. The van der Waals surface area contributed by atoms with Gasteiger partial charge in [-0.3, -0.25) is 15.0 Å². The van der Waals surface area contributed by atoms with Gasteiger partial charge < -0.3 is 10.5 Å². The monoisotopic (exact) mass is 550 g/mol. The summed E-state index contributed by atoms with van der Waals surface area (Å²) < 4.78 is 20.2. The molecule has 0 aromatic heterocycles. The molecule has 204 valence electrons. The Morgan fingerprint density at radius 3 is 2.41 bits per heavy atom. The van der Waals surface area contributed by atoms with Crippen LogP contribution in [-0.4, -0.2) is 72.0 Å². The summed E-state index contributed by atoms with van der Waals surface area (Å²) in [6, 6.07) is 22.3. The first kappa shape index (κ1) is 28.4. The van der Waals surface area contributed by atoms with Gasteiger partial charge in [-0.05, 0) is 41.5 Å². The highest BCUT2D eigenvalue weighted by atomic mass is 35.5. The lowest BCUT2D eigenvalue weighted by atomic mass is 9.96. The van der Waals surface area contributed by atoms with Crippen molar-refractivity contribution in [3.05, 3.63) is 100 Å². The quantitative estimate of drug-likeness (QED) is 0.228. The fourth-order valence-corrected chi connectivity index (χ4v) is 4.68. The molecule has 3 aromatic carbocycles. The molecule has 3 aromatic rings. The van der Waals surface area contributed by atoms with Crippen molar-refractivity contribution < 1.29 is 19.1 Å². The van der Waals surface area contributed by atoms with E-state index in [0.29, 0.717) is 23.8 Å². The Bertz CT molecular complexity index is 1290. The van der Waals surface area contributed by atoms with Gasteiger partial charge in [-0.15, -0.1) is 0 Å². The summed E-state index contributed by atoms with van der Waals surface area (Å²) in [6.45, 7) is 4.63. The second kappa shape index (κ2) is 14.0. The van der Waals surface area contributed by atoms with E-state index in [4.69, 9.17) is 22.1 Å². The Labute approximate surface area is 233 Å². The topological polar surface area (TPSA) is 82.3 Å². The van der Waals surface area contributed by atoms with E-state index in [1.807, 2.05) is 18.2 Å². The third kappa shape index (κ3) is 8.19. The fraction of sp³-hybridized carbons (Fsp3) is 0.300. The van der Waals surface area contributed by atoms with E-state index in [2.05, 4.69) is 58.0 Å². The smallest absolute Gasteiger partial charge is 0.338 e. The Morgan fingerprint density at radius 2 is 1.74 bits per heavy atom. The maximum Gasteiger partial charge on any atom is 0.338 e. The summed E-state index contributed by atoms with van der Waals surface area (Å²) in [5, 5.41) is 10.3. The first-order valence-corrected chi connectivity index (χ1v) is 13.2. The van der Waals surface area contributed by atoms with E-state index in [-0.39, 0.29) is 24.8 Å². The van der Waals surface area contributed by atoms with Crippen LogP contribution in [-0.2, 0) is 0 Å². The van der Waals surface area contributed by atoms with Gasteiger partial charge in [0.2, 0.25) is 0 Å². The minimum Gasteiger partial charge on any atom is -0.489 e. The van der Waals surface area contributed by atoms with Gasteiger partial charge >= 0.3 is 6.03 Å². The number of carbonyl (C=O) groups excluding carboxylic acids is 1. The molecule has 2 amide bonds. The van der Waals surface area contributed by atoms with Crippen molar-refractivity contribution in [2.75, 3.05) is 45.9 Å². The van der Waals surface area contributed by atoms with Crippen LogP contribution in [0.25, 0.3) is 0 Å². The van der Waals surface area contributed by atoms with Crippen molar-refractivity contribution in [2.24, 2.45) is 5.73 Å². The Morgan fingerprint density at radius 1 is 1.05 bits per heavy atom. The molecule has 0 saturated carbocycles. The molecule has 0 spiro atoms. The van der Waals surface area contributed by atoms with E-state index in [1.165, 1.54) is 17.2 Å². The molecule has 3 N–H and O–H groups in total. The van der Waals surface area contributed by atoms with Crippen LogP contribution in [0.4, 0.5) is 9.18 Å². The normalized spacial score (nSPS) is 14.7. The molecule has 1 aliphatic rings. The van der Waals surface area contributed by atoms with E-state index in [9.17, 15) is 14.4 Å². The largest absolute Gasteiger partial charge is 0.489 e. The van der Waals surface area contributed by atoms with E-state index in [0.717, 1.165) is 31.2 Å². The number of halogens is 2. The molecule has 4 rings (SSSR count). The van der Waals surface area contributed by atoms with Crippen molar-refractivity contribution in [3.63, 3.8) is 0 Å². The summed E-state index contributed by atoms with van der Waals surface area (Å²) in [6.07, 6.45) is 0.207. The molecule has 7 nitrogen and oxygen atoms in total. The van der Waals surface area contributed by atoms with Gasteiger partial charge in [-0.1, -0.05) is 65.9 Å². The fourth-order valence-electron chi connectivity index (χ4n) is 4.56. The number of hydroxylamine groups is 2. The molecule has 0 unspecified atom stereocenters. The van der Waals surface area contributed by atoms with Crippen LogP contribution in [0.2, 0.25) is 5.02 Å². The summed E-state index contributed by atoms with van der Waals surface area (Å²) in [5.41, 5.74) is 7.88. The van der Waals surface area contributed by atoms with Gasteiger partial charge in [0, 0.05) is 49.7 Å². The second-order valence-corrected chi connectivity index (χ2v) is 9.69. The standard InChI is InChI=1S/C30H32ClFN4O3/c31-26-12-10-25(11-13-26)29(24-7-2-1-3-8-24)35-18-16-34(17-19-35)20-21-39-28-14-9-23(22-27(28)32)6-4-5-15-36(38)30(33)37/h1-3,7-14,22,29,38H,5,15-21H2,(H2,33,37)/t29-/m1/s1. The highest BCUT2D eigenvalue weighted by Crippen LogP contribution is 2.30. The summed E-state index contributed by atoms with van der Waals surface area (Å²) >= 11 is 6.14. The average molecular weight is 551 g/mol. The maximum absolute atomic E-state index is 14.5. The van der Waals surface area contributed by atoms with E-state index >= 15 is 0 Å². The van der Waals surface area contributed by atoms with E-state index < -0.39 is 11.8 Å². The number of hydrogen-bond acceptors (Lipinski definition) is 5. The van der Waals surface area contributed by atoms with Gasteiger partial charge in [0.05, 0.1) is 12.6 Å². The zero-order valence-electron chi connectivity index (χ0n) is 21.6. The average Bonchev–Trinajstić information content (AvgIpc) is 2.94. The lowest BCUT2D eigenvalue weighted by molar-refractivity contribution is -0.0372. The van der Waals surface area contributed by atoms with Crippen molar-refractivity contribution in [3.8, 4) is 17.6 Å². The summed E-state index contributed by atoms with van der Waals surface area (Å²) in [7, 11) is 0. The number of carbonyl (C=O) groups is 1. The predicted molar refractivity (Wildman–Crippen MR) is 149 cm³/mol. The van der Waals surface area contributed by atoms with Crippen molar-refractivity contribution in [1.82, 2.24) is 14.9 Å². The van der Waals surface area contributed by atoms with Crippen LogP contribution < -0.4 is 10.5 Å². The molecule has 1 saturated heterocycles. The minimum atomic E-state index is -0.944. The number of rotatable bonds is 9. The van der Waals surface area contributed by atoms with Gasteiger partial charge in [0.1, 0.15) is 6.61 Å². The van der Waals surface area contributed by atoms with Gasteiger partial charge in [0.25, 0.3) is 0 Å². The number of hydrogen-bond donors (Lipinski definition) is 2. The second-order valence-electron chi connectivity index (χ2n) is 9.25. The molecular weight excluding hydrogens is 519 g/mol. The first-order chi connectivity index (χ1) is 18.9. The number of nitrogens with two attached hydrogens (primary N) is 1.